The van der Waals surface area contributed by atoms with Crippen LogP contribution < -0.4 is 10.2 Å². The molecule has 1 aliphatic rings. The fourth-order valence-corrected chi connectivity index (χ4v) is 5.27. The molecule has 4 rings (SSSR count). The van der Waals surface area contributed by atoms with Crippen molar-refractivity contribution in [2.24, 2.45) is 7.05 Å². The highest BCUT2D eigenvalue weighted by Gasteiger charge is 2.38. The number of nitrogens with zero attached hydrogens (tertiary/aromatic N) is 3. The molecule has 0 aliphatic carbocycles. The molecule has 0 bridgehead atoms. The van der Waals surface area contributed by atoms with E-state index in [-0.39, 0.29) is 41.3 Å². The molecule has 1 unspecified atom stereocenters. The van der Waals surface area contributed by atoms with Crippen molar-refractivity contribution >= 4 is 41.0 Å². The van der Waals surface area contributed by atoms with Gasteiger partial charge in [0, 0.05) is 23.0 Å². The van der Waals surface area contributed by atoms with Crippen LogP contribution in [0.2, 0.25) is 5.02 Å². The largest absolute Gasteiger partial charge is 0.467 e. The van der Waals surface area contributed by atoms with E-state index in [0.29, 0.717) is 16.6 Å². The zero-order valence-electron chi connectivity index (χ0n) is 19.1. The van der Waals surface area contributed by atoms with E-state index in [1.807, 2.05) is 31.3 Å². The lowest BCUT2D eigenvalue weighted by Gasteiger charge is -2.24. The molecule has 7 nitrogen and oxygen atoms in total. The summed E-state index contributed by atoms with van der Waals surface area (Å²) in [6, 6.07) is 11.2. The van der Waals surface area contributed by atoms with Gasteiger partial charge in [-0.3, -0.25) is 19.2 Å². The second-order valence-corrected chi connectivity index (χ2v) is 10.6. The number of benzene rings is 1. The van der Waals surface area contributed by atoms with Gasteiger partial charge in [-0.2, -0.15) is 5.10 Å². The van der Waals surface area contributed by atoms with Crippen molar-refractivity contribution in [3.05, 3.63) is 70.3 Å². The Morgan fingerprint density at radius 3 is 2.64 bits per heavy atom. The van der Waals surface area contributed by atoms with Crippen LogP contribution >= 0.6 is 23.4 Å². The number of aryl methyl sites for hydroxylation is 1. The van der Waals surface area contributed by atoms with E-state index >= 15 is 0 Å². The highest BCUT2D eigenvalue weighted by molar-refractivity contribution is 8.00. The van der Waals surface area contributed by atoms with Gasteiger partial charge in [-0.15, -0.1) is 11.8 Å². The Kier molecular flexibility index (Phi) is 6.59. The number of carbonyl (C=O) groups is 2. The normalized spacial score (nSPS) is 16.5. The second-order valence-electron chi connectivity index (χ2n) is 9.04. The van der Waals surface area contributed by atoms with Crippen LogP contribution in [-0.2, 0) is 28.6 Å². The number of furan rings is 1. The molecule has 2 aromatic heterocycles. The number of amides is 2. The average molecular weight is 487 g/mol. The van der Waals surface area contributed by atoms with Crippen LogP contribution in [0, 0.1) is 0 Å². The van der Waals surface area contributed by atoms with E-state index in [1.54, 1.807) is 39.7 Å². The number of halogens is 1. The standard InChI is InChI=1S/C24H27ClN4O3S/c1-24(2,3)22-20-21(15-7-9-16(25)10-8-15)33-14-19(31)29(23(20)28(4)27-22)13-18(30)26-12-17-6-5-11-32-17/h5-11,21H,12-14H2,1-4H3,(H,26,30). The molecule has 0 spiro atoms. The fraction of sp³-hybridized carbons (Fsp3) is 0.375. The Morgan fingerprint density at radius 2 is 2.00 bits per heavy atom. The number of thioether (sulfide) groups is 1. The number of hydrogen-bond donors (Lipinski definition) is 1. The molecule has 2 amide bonds. The highest BCUT2D eigenvalue weighted by atomic mass is 35.5. The van der Waals surface area contributed by atoms with Gasteiger partial charge in [0.2, 0.25) is 11.8 Å². The molecule has 9 heteroatoms. The fourth-order valence-electron chi connectivity index (χ4n) is 3.94. The zero-order valence-corrected chi connectivity index (χ0v) is 20.7. The Labute approximate surface area is 202 Å². The molecule has 3 aromatic rings. The Balaban J connectivity index is 1.73. The lowest BCUT2D eigenvalue weighted by atomic mass is 9.87. The number of nitrogens with one attached hydrogen (secondary N) is 1. The number of aromatic nitrogens is 2. The zero-order chi connectivity index (χ0) is 23.8. The Morgan fingerprint density at radius 1 is 1.27 bits per heavy atom. The average Bonchev–Trinajstić information content (AvgIpc) is 3.36. The van der Waals surface area contributed by atoms with E-state index in [4.69, 9.17) is 21.1 Å². The maximum absolute atomic E-state index is 13.2. The predicted molar refractivity (Wildman–Crippen MR) is 131 cm³/mol. The third kappa shape index (κ3) is 4.96. The van der Waals surface area contributed by atoms with Gasteiger partial charge in [0.25, 0.3) is 0 Å². The molecule has 1 N–H and O–H groups in total. The molecular formula is C24H27ClN4O3S. The molecule has 1 atom stereocenters. The minimum Gasteiger partial charge on any atom is -0.467 e. The number of carbonyl (C=O) groups excluding carboxylic acids is 2. The Hall–Kier alpha value is -2.71. The van der Waals surface area contributed by atoms with Gasteiger partial charge >= 0.3 is 0 Å². The van der Waals surface area contributed by atoms with Crippen LogP contribution in [0.3, 0.4) is 0 Å². The van der Waals surface area contributed by atoms with Crippen molar-refractivity contribution in [2.45, 2.75) is 38.0 Å². The number of hydrogen-bond acceptors (Lipinski definition) is 5. The SMILES string of the molecule is Cn1nc(C(C)(C)C)c2c1N(CC(=O)NCc1ccco1)C(=O)CSC2c1ccc(Cl)cc1. The van der Waals surface area contributed by atoms with Gasteiger partial charge in [0.05, 0.1) is 29.5 Å². The molecule has 3 heterocycles. The van der Waals surface area contributed by atoms with Crippen molar-refractivity contribution in [1.82, 2.24) is 15.1 Å². The summed E-state index contributed by atoms with van der Waals surface area (Å²) in [6.07, 6.45) is 1.56. The maximum atomic E-state index is 13.2. The molecule has 174 valence electrons. The van der Waals surface area contributed by atoms with Crippen molar-refractivity contribution in [3.63, 3.8) is 0 Å². The first-order valence-electron chi connectivity index (χ1n) is 10.7. The van der Waals surface area contributed by atoms with Crippen LogP contribution in [0.5, 0.6) is 0 Å². The number of fused-ring (bicyclic) bond motifs is 1. The van der Waals surface area contributed by atoms with Gasteiger partial charge in [0.1, 0.15) is 18.1 Å². The quantitative estimate of drug-likeness (QED) is 0.576. The smallest absolute Gasteiger partial charge is 0.240 e. The summed E-state index contributed by atoms with van der Waals surface area (Å²) >= 11 is 7.67. The molecule has 1 aliphatic heterocycles. The van der Waals surface area contributed by atoms with Gasteiger partial charge in [-0.1, -0.05) is 44.5 Å². The first-order valence-corrected chi connectivity index (χ1v) is 12.1. The lowest BCUT2D eigenvalue weighted by Crippen LogP contribution is -2.42. The summed E-state index contributed by atoms with van der Waals surface area (Å²) < 4.78 is 7.01. The molecule has 1 aromatic carbocycles. The number of rotatable bonds is 5. The minimum atomic E-state index is -0.265. The monoisotopic (exact) mass is 486 g/mol. The summed E-state index contributed by atoms with van der Waals surface area (Å²) in [6.45, 7) is 6.48. The van der Waals surface area contributed by atoms with Gasteiger partial charge in [-0.05, 0) is 29.8 Å². The summed E-state index contributed by atoms with van der Waals surface area (Å²) in [5, 5.41) is 8.19. The molecule has 0 fully saturated rings. The molecule has 33 heavy (non-hydrogen) atoms. The van der Waals surface area contributed by atoms with E-state index < -0.39 is 0 Å². The van der Waals surface area contributed by atoms with E-state index in [2.05, 4.69) is 26.1 Å². The summed E-state index contributed by atoms with van der Waals surface area (Å²) in [5.41, 5.74) is 2.66. The second kappa shape index (κ2) is 9.27. The van der Waals surface area contributed by atoms with E-state index in [9.17, 15) is 9.59 Å². The highest BCUT2D eigenvalue weighted by Crippen LogP contribution is 2.47. The minimum absolute atomic E-state index is 0.0937. The Bertz CT molecular complexity index is 1150. The third-order valence-corrected chi connectivity index (χ3v) is 6.98. The van der Waals surface area contributed by atoms with Crippen LogP contribution in [0.1, 0.15) is 48.6 Å². The van der Waals surface area contributed by atoms with Gasteiger partial charge in [-0.25, -0.2) is 0 Å². The van der Waals surface area contributed by atoms with E-state index in [0.717, 1.165) is 16.8 Å². The first kappa shape index (κ1) is 23.4. The summed E-state index contributed by atoms with van der Waals surface area (Å²) in [5.74, 6) is 1.16. The first-order chi connectivity index (χ1) is 15.6. The van der Waals surface area contributed by atoms with Crippen molar-refractivity contribution in [2.75, 3.05) is 17.2 Å². The van der Waals surface area contributed by atoms with Gasteiger partial charge in [0.15, 0.2) is 0 Å². The van der Waals surface area contributed by atoms with Crippen LogP contribution in [0.15, 0.2) is 47.1 Å². The van der Waals surface area contributed by atoms with Crippen molar-refractivity contribution < 1.29 is 14.0 Å². The molecular weight excluding hydrogens is 460 g/mol. The predicted octanol–water partition coefficient (Wildman–Crippen LogP) is 4.45. The third-order valence-electron chi connectivity index (χ3n) is 5.47. The summed E-state index contributed by atoms with van der Waals surface area (Å²) in [7, 11) is 1.82. The van der Waals surface area contributed by atoms with Crippen LogP contribution in [0.25, 0.3) is 0 Å². The summed E-state index contributed by atoms with van der Waals surface area (Å²) in [4.78, 5) is 27.6. The van der Waals surface area contributed by atoms with Crippen molar-refractivity contribution in [1.29, 1.82) is 0 Å². The topological polar surface area (TPSA) is 80.4 Å². The molecule has 0 saturated carbocycles. The van der Waals surface area contributed by atoms with Crippen molar-refractivity contribution in [3.8, 4) is 0 Å². The van der Waals surface area contributed by atoms with Crippen LogP contribution in [0.4, 0.5) is 5.82 Å². The lowest BCUT2D eigenvalue weighted by molar-refractivity contribution is -0.123. The molecule has 0 saturated heterocycles. The van der Waals surface area contributed by atoms with Gasteiger partial charge < -0.3 is 9.73 Å². The van der Waals surface area contributed by atoms with E-state index in [1.165, 1.54) is 0 Å². The number of anilines is 1. The molecule has 0 radical (unpaired) electrons. The van der Waals surface area contributed by atoms with Crippen LogP contribution in [-0.4, -0.2) is 33.9 Å². The maximum Gasteiger partial charge on any atom is 0.240 e.